The zero-order chi connectivity index (χ0) is 12.6. The van der Waals surface area contributed by atoms with Crippen LogP contribution >= 0.6 is 11.6 Å². The summed E-state index contributed by atoms with van der Waals surface area (Å²) in [5.74, 6) is -1.37. The Bertz CT molecular complexity index is 474. The molecule has 0 saturated heterocycles. The molecular formula is C11H11ClN2O3. The number of nitrogens with zero attached hydrogens (tertiary/aromatic N) is 1. The van der Waals surface area contributed by atoms with Gasteiger partial charge in [-0.1, -0.05) is 11.6 Å². The van der Waals surface area contributed by atoms with Gasteiger partial charge in [0.05, 0.1) is 16.4 Å². The van der Waals surface area contributed by atoms with Crippen LogP contribution in [0.25, 0.3) is 0 Å². The van der Waals surface area contributed by atoms with Crippen molar-refractivity contribution < 1.29 is 14.7 Å². The first kappa shape index (κ1) is 11.9. The molecule has 2 rings (SSSR count). The summed E-state index contributed by atoms with van der Waals surface area (Å²) >= 11 is 5.66. The van der Waals surface area contributed by atoms with E-state index in [1.807, 2.05) is 0 Å². The van der Waals surface area contributed by atoms with Gasteiger partial charge >= 0.3 is 5.97 Å². The minimum absolute atomic E-state index is 0.315. The van der Waals surface area contributed by atoms with E-state index in [-0.39, 0.29) is 5.91 Å². The molecule has 5 nitrogen and oxygen atoms in total. The summed E-state index contributed by atoms with van der Waals surface area (Å²) in [5, 5.41) is 12.0. The Morgan fingerprint density at radius 2 is 2.29 bits per heavy atom. The lowest BCUT2D eigenvalue weighted by atomic mass is 10.1. The molecule has 0 radical (unpaired) electrons. The van der Waals surface area contributed by atoms with E-state index in [0.717, 1.165) is 0 Å². The normalized spacial score (nSPS) is 26.4. The fraction of sp³-hybridized carbons (Fsp3) is 0.364. The van der Waals surface area contributed by atoms with E-state index in [1.54, 1.807) is 19.1 Å². The number of hydrogen-bond acceptors (Lipinski definition) is 3. The Kier molecular flexibility index (Phi) is 2.79. The molecule has 2 atom stereocenters. The first-order chi connectivity index (χ1) is 7.93. The molecule has 90 valence electrons. The van der Waals surface area contributed by atoms with Gasteiger partial charge in [0.15, 0.2) is 0 Å². The Morgan fingerprint density at radius 3 is 2.76 bits per heavy atom. The zero-order valence-corrected chi connectivity index (χ0v) is 9.86. The minimum Gasteiger partial charge on any atom is -0.481 e. The number of hydrogen-bond donors (Lipinski definition) is 2. The maximum Gasteiger partial charge on any atom is 0.310 e. The molecule has 1 fully saturated rings. The van der Waals surface area contributed by atoms with E-state index in [4.69, 9.17) is 16.7 Å². The van der Waals surface area contributed by atoms with Crippen molar-refractivity contribution in [1.29, 1.82) is 0 Å². The number of rotatable bonds is 3. The number of aliphatic carboxylic acids is 1. The van der Waals surface area contributed by atoms with Crippen LogP contribution in [0.3, 0.4) is 0 Å². The lowest BCUT2D eigenvalue weighted by Gasteiger charge is -2.06. The molecular weight excluding hydrogens is 244 g/mol. The smallest absolute Gasteiger partial charge is 0.310 e. The van der Waals surface area contributed by atoms with Crippen molar-refractivity contribution in [3.8, 4) is 0 Å². The summed E-state index contributed by atoms with van der Waals surface area (Å²) in [6.07, 6.45) is 1.78. The van der Waals surface area contributed by atoms with Crippen LogP contribution < -0.4 is 5.32 Å². The van der Waals surface area contributed by atoms with Crippen molar-refractivity contribution >= 4 is 29.3 Å². The molecule has 1 amide bonds. The average Bonchev–Trinajstić information content (AvgIpc) is 2.96. The zero-order valence-electron chi connectivity index (χ0n) is 9.11. The van der Waals surface area contributed by atoms with Crippen molar-refractivity contribution in [2.24, 2.45) is 11.3 Å². The number of carbonyl (C=O) groups is 2. The van der Waals surface area contributed by atoms with E-state index in [1.165, 1.54) is 6.20 Å². The molecule has 1 heterocycles. The SMILES string of the molecule is C[C@]1(C(=O)O)C[C@@H]1C(=O)Nc1ccc(Cl)cn1. The van der Waals surface area contributed by atoms with Crippen LogP contribution in [0.2, 0.25) is 5.02 Å². The van der Waals surface area contributed by atoms with Crippen LogP contribution in [0.1, 0.15) is 13.3 Å². The van der Waals surface area contributed by atoms with E-state index >= 15 is 0 Å². The Balaban J connectivity index is 2.00. The van der Waals surface area contributed by atoms with Gasteiger partial charge in [-0.2, -0.15) is 0 Å². The topological polar surface area (TPSA) is 79.3 Å². The van der Waals surface area contributed by atoms with Crippen LogP contribution in [0.4, 0.5) is 5.82 Å². The molecule has 2 N–H and O–H groups in total. The number of amides is 1. The summed E-state index contributed by atoms with van der Waals surface area (Å²) in [4.78, 5) is 26.5. The second kappa shape index (κ2) is 4.00. The van der Waals surface area contributed by atoms with Gasteiger partial charge < -0.3 is 10.4 Å². The van der Waals surface area contributed by atoms with Crippen LogP contribution in [-0.2, 0) is 9.59 Å². The first-order valence-corrected chi connectivity index (χ1v) is 5.47. The van der Waals surface area contributed by atoms with Crippen molar-refractivity contribution in [2.75, 3.05) is 5.32 Å². The monoisotopic (exact) mass is 254 g/mol. The van der Waals surface area contributed by atoms with Gasteiger partial charge in [-0.15, -0.1) is 0 Å². The molecule has 1 aliphatic rings. The molecule has 1 aromatic rings. The predicted octanol–water partition coefficient (Wildman–Crippen LogP) is 1.78. The molecule has 0 bridgehead atoms. The number of aromatic nitrogens is 1. The summed E-state index contributed by atoms with van der Waals surface area (Å²) in [5.41, 5.74) is -0.934. The number of carboxylic acids is 1. The largest absolute Gasteiger partial charge is 0.481 e. The van der Waals surface area contributed by atoms with Crippen LogP contribution in [0.5, 0.6) is 0 Å². The maximum atomic E-state index is 11.7. The van der Waals surface area contributed by atoms with Gasteiger partial charge in [-0.3, -0.25) is 9.59 Å². The maximum absolute atomic E-state index is 11.7. The molecule has 0 spiro atoms. The first-order valence-electron chi connectivity index (χ1n) is 5.09. The van der Waals surface area contributed by atoms with Crippen molar-refractivity contribution in [2.45, 2.75) is 13.3 Å². The Labute approximate surface area is 103 Å². The van der Waals surface area contributed by atoms with Gasteiger partial charge in [0, 0.05) is 6.20 Å². The predicted molar refractivity (Wildman–Crippen MR) is 61.7 cm³/mol. The number of pyridine rings is 1. The van der Waals surface area contributed by atoms with E-state index in [2.05, 4.69) is 10.3 Å². The lowest BCUT2D eigenvalue weighted by Crippen LogP contribution is -2.22. The molecule has 1 aromatic heterocycles. The van der Waals surface area contributed by atoms with Crippen molar-refractivity contribution in [3.05, 3.63) is 23.4 Å². The summed E-state index contributed by atoms with van der Waals surface area (Å²) < 4.78 is 0. The Morgan fingerprint density at radius 1 is 1.59 bits per heavy atom. The number of halogens is 1. The highest BCUT2D eigenvalue weighted by Crippen LogP contribution is 2.52. The lowest BCUT2D eigenvalue weighted by molar-refractivity contribution is -0.144. The average molecular weight is 255 g/mol. The summed E-state index contributed by atoms with van der Waals surface area (Å²) in [6, 6.07) is 3.17. The van der Waals surface area contributed by atoms with E-state index in [9.17, 15) is 9.59 Å². The van der Waals surface area contributed by atoms with Crippen LogP contribution in [-0.4, -0.2) is 22.0 Å². The summed E-state index contributed by atoms with van der Waals surface area (Å²) in [7, 11) is 0. The van der Waals surface area contributed by atoms with Crippen LogP contribution in [0, 0.1) is 11.3 Å². The number of carbonyl (C=O) groups excluding carboxylic acids is 1. The van der Waals surface area contributed by atoms with E-state index in [0.29, 0.717) is 17.3 Å². The standard InChI is InChI=1S/C11H11ClN2O3/c1-11(10(16)17)4-7(11)9(15)14-8-3-2-6(12)5-13-8/h2-3,5,7H,4H2,1H3,(H,16,17)(H,13,14,15)/t7-,11+/m1/s1. The van der Waals surface area contributed by atoms with Gasteiger partial charge in [0.2, 0.25) is 5.91 Å². The Hall–Kier alpha value is -1.62. The van der Waals surface area contributed by atoms with Gasteiger partial charge in [0.1, 0.15) is 5.82 Å². The molecule has 1 saturated carbocycles. The molecule has 17 heavy (non-hydrogen) atoms. The minimum atomic E-state index is -0.943. The van der Waals surface area contributed by atoms with E-state index < -0.39 is 17.3 Å². The molecule has 0 aromatic carbocycles. The third-order valence-corrected chi connectivity index (χ3v) is 3.24. The van der Waals surface area contributed by atoms with Crippen LogP contribution in [0.15, 0.2) is 18.3 Å². The number of carboxylic acid groups (broad SMARTS) is 1. The fourth-order valence-corrected chi connectivity index (χ4v) is 1.76. The molecule has 1 aliphatic carbocycles. The quantitative estimate of drug-likeness (QED) is 0.862. The van der Waals surface area contributed by atoms with Gasteiger partial charge in [-0.25, -0.2) is 4.98 Å². The number of nitrogens with one attached hydrogen (secondary N) is 1. The fourth-order valence-electron chi connectivity index (χ4n) is 1.65. The highest BCUT2D eigenvalue weighted by Gasteiger charge is 2.60. The van der Waals surface area contributed by atoms with Gasteiger partial charge in [0.25, 0.3) is 0 Å². The molecule has 0 aliphatic heterocycles. The second-order valence-electron chi connectivity index (χ2n) is 4.33. The third kappa shape index (κ3) is 2.24. The van der Waals surface area contributed by atoms with Crippen molar-refractivity contribution in [3.63, 3.8) is 0 Å². The highest BCUT2D eigenvalue weighted by atomic mass is 35.5. The highest BCUT2D eigenvalue weighted by molar-refractivity contribution is 6.30. The van der Waals surface area contributed by atoms with Gasteiger partial charge in [-0.05, 0) is 25.5 Å². The number of anilines is 1. The summed E-state index contributed by atoms with van der Waals surface area (Å²) in [6.45, 7) is 1.56. The molecule has 0 unspecified atom stereocenters. The molecule has 6 heteroatoms. The third-order valence-electron chi connectivity index (χ3n) is 3.02. The van der Waals surface area contributed by atoms with Crippen molar-refractivity contribution in [1.82, 2.24) is 4.98 Å². The second-order valence-corrected chi connectivity index (χ2v) is 4.77.